The smallest absolute Gasteiger partial charge is 1.00 e. The van der Waals surface area contributed by atoms with Gasteiger partial charge in [-0.15, -0.1) is 0 Å². The molecule has 0 amide bonds. The Bertz CT molecular complexity index is 460. The molecule has 0 fully saturated rings. The van der Waals surface area contributed by atoms with E-state index in [0.29, 0.717) is 5.69 Å². The zero-order valence-electron chi connectivity index (χ0n) is 10.1. The number of sulfonamides is 1. The van der Waals surface area contributed by atoms with Gasteiger partial charge in [0.1, 0.15) is 0 Å². The number of carboxylic acid groups (broad SMARTS) is 1. The summed E-state index contributed by atoms with van der Waals surface area (Å²) in [6, 6.07) is 5.51. The number of anilines is 1. The molecule has 7 heteroatoms. The number of carboxylic acids is 1. The summed E-state index contributed by atoms with van der Waals surface area (Å²) < 4.78 is 24.6. The number of hydrogen-bond donors (Lipinski definition) is 2. The van der Waals surface area contributed by atoms with Crippen LogP contribution >= 0.6 is 0 Å². The molecule has 16 heavy (non-hydrogen) atoms. The minimum atomic E-state index is -3.30. The number of rotatable bonds is 4. The molecular weight excluding hydrogens is 241 g/mol. The number of aromatic carboxylic acids is 1. The van der Waals surface area contributed by atoms with Crippen LogP contribution in [0.3, 0.4) is 0 Å². The third-order valence-corrected chi connectivity index (χ3v) is 3.09. The Morgan fingerprint density at radius 2 is 1.88 bits per heavy atom. The van der Waals surface area contributed by atoms with E-state index < -0.39 is 16.0 Å². The first-order valence-corrected chi connectivity index (χ1v) is 5.93. The third kappa shape index (κ3) is 4.52. The number of nitrogens with one attached hydrogen (secondary N) is 1. The fraction of sp³-hybridized carbons (Fsp3) is 0.222. The first-order chi connectivity index (χ1) is 6.94. The topological polar surface area (TPSA) is 83.5 Å². The van der Waals surface area contributed by atoms with Crippen LogP contribution in [0.2, 0.25) is 0 Å². The molecule has 1 aromatic rings. The molecule has 1 aromatic carbocycles. The first kappa shape index (κ1) is 15.4. The van der Waals surface area contributed by atoms with E-state index in [1.165, 1.54) is 31.2 Å². The Morgan fingerprint density at radius 1 is 1.38 bits per heavy atom. The van der Waals surface area contributed by atoms with Gasteiger partial charge < -0.3 is 6.53 Å². The molecule has 0 aliphatic rings. The average molecular weight is 253 g/mol. The molecule has 0 heterocycles. The van der Waals surface area contributed by atoms with Gasteiger partial charge in [-0.3, -0.25) is 4.72 Å². The fourth-order valence-corrected chi connectivity index (χ4v) is 1.57. The van der Waals surface area contributed by atoms with Gasteiger partial charge >= 0.3 is 35.5 Å². The van der Waals surface area contributed by atoms with Gasteiger partial charge in [-0.1, -0.05) is 0 Å². The monoisotopic (exact) mass is 253 g/mol. The number of benzene rings is 1. The summed E-state index contributed by atoms with van der Waals surface area (Å²) in [6.45, 7) is 1.52. The van der Waals surface area contributed by atoms with Crippen molar-refractivity contribution < 1.29 is 49.3 Å². The van der Waals surface area contributed by atoms with Gasteiger partial charge in [-0.25, -0.2) is 13.2 Å². The van der Waals surface area contributed by atoms with Crippen molar-refractivity contribution in [2.45, 2.75) is 6.92 Å². The van der Waals surface area contributed by atoms with Crippen LogP contribution < -0.4 is 34.3 Å². The van der Waals surface area contributed by atoms with Crippen molar-refractivity contribution in [1.82, 2.24) is 0 Å². The molecule has 0 spiro atoms. The van der Waals surface area contributed by atoms with E-state index in [9.17, 15) is 13.2 Å². The van der Waals surface area contributed by atoms with Gasteiger partial charge in [0.15, 0.2) is 0 Å². The quantitative estimate of drug-likeness (QED) is 0.624. The second-order valence-corrected chi connectivity index (χ2v) is 4.90. The summed E-state index contributed by atoms with van der Waals surface area (Å²) in [7, 11) is -3.30. The maximum absolute atomic E-state index is 11.2. The van der Waals surface area contributed by atoms with Gasteiger partial charge in [-0.2, -0.15) is 0 Å². The summed E-state index contributed by atoms with van der Waals surface area (Å²) in [5.41, 5.74) is 0.483. The standard InChI is InChI=1S/C9H11NO4S.Na.H/c1-2-15(13,14)10-8-5-3-7(4-6-8)9(11)12;;/h3-6,10H,2H2,1H3,(H,11,12);;/q;+1;-1. The van der Waals surface area contributed by atoms with Gasteiger partial charge in [0.2, 0.25) is 10.0 Å². The van der Waals surface area contributed by atoms with Crippen molar-refractivity contribution in [3.8, 4) is 0 Å². The van der Waals surface area contributed by atoms with Gasteiger partial charge in [-0.05, 0) is 31.2 Å². The van der Waals surface area contributed by atoms with Crippen LogP contribution in [-0.4, -0.2) is 25.2 Å². The molecule has 0 bridgehead atoms. The van der Waals surface area contributed by atoms with Gasteiger partial charge in [0.25, 0.3) is 0 Å². The molecule has 0 radical (unpaired) electrons. The van der Waals surface area contributed by atoms with Crippen LogP contribution in [0.1, 0.15) is 18.7 Å². The van der Waals surface area contributed by atoms with E-state index in [-0.39, 0.29) is 42.3 Å². The fourth-order valence-electron chi connectivity index (χ4n) is 0.933. The van der Waals surface area contributed by atoms with Crippen molar-refractivity contribution in [3.05, 3.63) is 29.8 Å². The Morgan fingerprint density at radius 3 is 2.25 bits per heavy atom. The van der Waals surface area contributed by atoms with E-state index in [1.807, 2.05) is 0 Å². The third-order valence-electron chi connectivity index (χ3n) is 1.79. The van der Waals surface area contributed by atoms with Gasteiger partial charge in [0.05, 0.1) is 11.3 Å². The second kappa shape index (κ2) is 6.24. The molecule has 0 saturated carbocycles. The van der Waals surface area contributed by atoms with Crippen LogP contribution in [0.25, 0.3) is 0 Å². The van der Waals surface area contributed by atoms with Gasteiger partial charge in [0, 0.05) is 5.69 Å². The van der Waals surface area contributed by atoms with Crippen molar-refractivity contribution >= 4 is 21.7 Å². The summed E-state index contributed by atoms with van der Waals surface area (Å²) in [5.74, 6) is -1.06. The first-order valence-electron chi connectivity index (χ1n) is 4.28. The molecule has 84 valence electrons. The van der Waals surface area contributed by atoms with Crippen molar-refractivity contribution in [2.75, 3.05) is 10.5 Å². The van der Waals surface area contributed by atoms with E-state index in [4.69, 9.17) is 5.11 Å². The Labute approximate surface area is 118 Å². The second-order valence-electron chi connectivity index (χ2n) is 2.89. The Balaban J connectivity index is 0. The van der Waals surface area contributed by atoms with Crippen molar-refractivity contribution in [1.29, 1.82) is 0 Å². The summed E-state index contributed by atoms with van der Waals surface area (Å²) in [6.07, 6.45) is 0. The zero-order valence-corrected chi connectivity index (χ0v) is 11.9. The van der Waals surface area contributed by atoms with E-state index in [1.54, 1.807) is 0 Å². The molecule has 1 rings (SSSR count). The largest absolute Gasteiger partial charge is 1.00 e. The zero-order chi connectivity index (χ0) is 11.5. The van der Waals surface area contributed by atoms with Crippen molar-refractivity contribution in [2.24, 2.45) is 0 Å². The van der Waals surface area contributed by atoms with Crippen LogP contribution in [0, 0.1) is 0 Å². The predicted octanol–water partition coefficient (Wildman–Crippen LogP) is -1.74. The molecular formula is C9H12NNaO4S. The maximum Gasteiger partial charge on any atom is 1.00 e. The SMILES string of the molecule is CCS(=O)(=O)Nc1ccc(C(=O)O)cc1.[H-].[Na+]. The number of carbonyl (C=O) groups is 1. The minimum absolute atomic E-state index is 0. The van der Waals surface area contributed by atoms with E-state index in [2.05, 4.69) is 4.72 Å². The number of hydrogen-bond acceptors (Lipinski definition) is 3. The average Bonchev–Trinajstić information content (AvgIpc) is 2.18. The summed E-state index contributed by atoms with van der Waals surface area (Å²) in [5, 5.41) is 8.62. The van der Waals surface area contributed by atoms with Crippen LogP contribution in [0.4, 0.5) is 5.69 Å². The van der Waals surface area contributed by atoms with E-state index >= 15 is 0 Å². The Hall–Kier alpha value is -0.560. The maximum atomic E-state index is 11.2. The summed E-state index contributed by atoms with van der Waals surface area (Å²) >= 11 is 0. The normalized spacial score (nSPS) is 10.3. The summed E-state index contributed by atoms with van der Waals surface area (Å²) in [4.78, 5) is 10.5. The minimum Gasteiger partial charge on any atom is -1.00 e. The molecule has 2 N–H and O–H groups in total. The molecule has 0 saturated heterocycles. The molecule has 0 aliphatic carbocycles. The van der Waals surface area contributed by atoms with Crippen molar-refractivity contribution in [3.63, 3.8) is 0 Å². The Kier molecular flexibility index (Phi) is 6.02. The molecule has 0 aliphatic heterocycles. The van der Waals surface area contributed by atoms with Crippen LogP contribution in [-0.2, 0) is 10.0 Å². The molecule has 0 unspecified atom stereocenters. The molecule has 0 aromatic heterocycles. The van der Waals surface area contributed by atoms with Crippen LogP contribution in [0.5, 0.6) is 0 Å². The predicted molar refractivity (Wildman–Crippen MR) is 57.6 cm³/mol. The molecule has 0 atom stereocenters. The molecule has 5 nitrogen and oxygen atoms in total. The van der Waals surface area contributed by atoms with Crippen LogP contribution in [0.15, 0.2) is 24.3 Å². The van der Waals surface area contributed by atoms with E-state index in [0.717, 1.165) is 0 Å².